The third-order valence-corrected chi connectivity index (χ3v) is 7.11. The van der Waals surface area contributed by atoms with Crippen LogP contribution in [0.4, 0.5) is 11.8 Å². The Morgan fingerprint density at radius 2 is 2.00 bits per heavy atom. The van der Waals surface area contributed by atoms with Crippen LogP contribution < -0.4 is 9.80 Å². The van der Waals surface area contributed by atoms with Crippen LogP contribution in [0.15, 0.2) is 12.3 Å². The molecule has 9 heteroatoms. The van der Waals surface area contributed by atoms with Gasteiger partial charge in [0.2, 0.25) is 5.95 Å². The lowest BCUT2D eigenvalue weighted by atomic mass is 10.0. The quantitative estimate of drug-likeness (QED) is 0.760. The van der Waals surface area contributed by atoms with E-state index in [-0.39, 0.29) is 17.5 Å². The Labute approximate surface area is 148 Å². The molecule has 0 aliphatic carbocycles. The fourth-order valence-electron chi connectivity index (χ4n) is 3.79. The standard InChI is InChI=1S/C16H24N4O4S/c1-19(13-3-11-25(21,22)12-13)15-17-6-2-14(18-15)20-7-4-16(5-8-20)23-9-10-24-16/h2,6,13H,3-5,7-12H2,1H3. The topological polar surface area (TPSA) is 84.9 Å². The largest absolute Gasteiger partial charge is 0.356 e. The van der Waals surface area contributed by atoms with Crippen molar-refractivity contribution in [2.75, 3.05) is 54.7 Å². The number of sulfone groups is 1. The predicted molar refractivity (Wildman–Crippen MR) is 93.6 cm³/mol. The summed E-state index contributed by atoms with van der Waals surface area (Å²) >= 11 is 0. The number of piperidine rings is 1. The van der Waals surface area contributed by atoms with Crippen LogP contribution in [0.25, 0.3) is 0 Å². The van der Waals surface area contributed by atoms with E-state index < -0.39 is 15.6 Å². The van der Waals surface area contributed by atoms with E-state index in [9.17, 15) is 8.42 Å². The zero-order valence-corrected chi connectivity index (χ0v) is 15.2. The molecule has 3 aliphatic heterocycles. The summed E-state index contributed by atoms with van der Waals surface area (Å²) in [5.74, 6) is 1.47. The highest BCUT2D eigenvalue weighted by Crippen LogP contribution is 2.33. The number of ether oxygens (including phenoxy) is 2. The summed E-state index contributed by atoms with van der Waals surface area (Å²) in [7, 11) is -1.06. The van der Waals surface area contributed by atoms with E-state index in [1.165, 1.54) is 0 Å². The van der Waals surface area contributed by atoms with E-state index in [1.807, 2.05) is 18.0 Å². The van der Waals surface area contributed by atoms with Crippen molar-refractivity contribution in [1.29, 1.82) is 0 Å². The molecule has 3 saturated heterocycles. The summed E-state index contributed by atoms with van der Waals surface area (Å²) in [6, 6.07) is 1.85. The molecular weight excluding hydrogens is 344 g/mol. The van der Waals surface area contributed by atoms with Gasteiger partial charge in [-0.3, -0.25) is 0 Å². The van der Waals surface area contributed by atoms with Gasteiger partial charge < -0.3 is 19.3 Å². The normalized spacial score (nSPS) is 27.7. The van der Waals surface area contributed by atoms with Gasteiger partial charge in [0.15, 0.2) is 15.6 Å². The number of hydrogen-bond donors (Lipinski definition) is 0. The minimum absolute atomic E-state index is 0.0508. The van der Waals surface area contributed by atoms with Gasteiger partial charge in [-0.1, -0.05) is 0 Å². The number of nitrogens with zero attached hydrogens (tertiary/aromatic N) is 4. The summed E-state index contributed by atoms with van der Waals surface area (Å²) in [4.78, 5) is 13.1. The van der Waals surface area contributed by atoms with Crippen LogP contribution in [0.5, 0.6) is 0 Å². The summed E-state index contributed by atoms with van der Waals surface area (Å²) in [5.41, 5.74) is 0. The molecule has 0 aromatic carbocycles. The first-order chi connectivity index (χ1) is 12.0. The Morgan fingerprint density at radius 3 is 2.64 bits per heavy atom. The third kappa shape index (κ3) is 3.45. The molecule has 25 heavy (non-hydrogen) atoms. The molecule has 3 fully saturated rings. The molecule has 1 unspecified atom stereocenters. The Hall–Kier alpha value is -1.45. The lowest BCUT2D eigenvalue weighted by Crippen LogP contribution is -2.45. The van der Waals surface area contributed by atoms with Crippen molar-refractivity contribution in [2.45, 2.75) is 31.1 Å². The SMILES string of the molecule is CN(c1nccc(N2CCC3(CC2)OCCO3)n1)C1CCS(=O)(=O)C1. The second-order valence-electron chi connectivity index (χ2n) is 6.98. The molecule has 138 valence electrons. The van der Waals surface area contributed by atoms with Gasteiger partial charge in [0.25, 0.3) is 0 Å². The molecular formula is C16H24N4O4S. The van der Waals surface area contributed by atoms with Gasteiger partial charge in [0.1, 0.15) is 5.82 Å². The fourth-order valence-corrected chi connectivity index (χ4v) is 5.57. The van der Waals surface area contributed by atoms with Crippen LogP contribution in [0.2, 0.25) is 0 Å². The molecule has 0 bridgehead atoms. The average Bonchev–Trinajstić information content (AvgIpc) is 3.21. The average molecular weight is 368 g/mol. The third-order valence-electron chi connectivity index (χ3n) is 5.36. The second-order valence-corrected chi connectivity index (χ2v) is 9.21. The highest BCUT2D eigenvalue weighted by Gasteiger charge is 2.40. The zero-order valence-electron chi connectivity index (χ0n) is 14.4. The van der Waals surface area contributed by atoms with Crippen LogP contribution in [0.1, 0.15) is 19.3 Å². The lowest BCUT2D eigenvalue weighted by molar-refractivity contribution is -0.169. The first-order valence-corrected chi connectivity index (χ1v) is 10.6. The lowest BCUT2D eigenvalue weighted by Gasteiger charge is -2.38. The molecule has 1 aromatic heterocycles. The van der Waals surface area contributed by atoms with Gasteiger partial charge in [-0.15, -0.1) is 0 Å². The number of rotatable bonds is 3. The smallest absolute Gasteiger partial charge is 0.227 e. The van der Waals surface area contributed by atoms with Crippen molar-refractivity contribution < 1.29 is 17.9 Å². The Balaban J connectivity index is 1.45. The van der Waals surface area contributed by atoms with Gasteiger partial charge in [0, 0.05) is 45.2 Å². The van der Waals surface area contributed by atoms with Crippen LogP contribution in [0, 0.1) is 0 Å². The van der Waals surface area contributed by atoms with Crippen molar-refractivity contribution in [3.8, 4) is 0 Å². The second kappa shape index (κ2) is 6.37. The summed E-state index contributed by atoms with van der Waals surface area (Å²) < 4.78 is 35.0. The zero-order chi connectivity index (χ0) is 17.5. The number of anilines is 2. The van der Waals surface area contributed by atoms with E-state index in [0.29, 0.717) is 25.6 Å². The molecule has 0 amide bonds. The first-order valence-electron chi connectivity index (χ1n) is 8.76. The van der Waals surface area contributed by atoms with Crippen LogP contribution in [0.3, 0.4) is 0 Å². The van der Waals surface area contributed by atoms with Crippen LogP contribution in [-0.2, 0) is 19.3 Å². The van der Waals surface area contributed by atoms with E-state index in [0.717, 1.165) is 31.7 Å². The molecule has 1 spiro atoms. The van der Waals surface area contributed by atoms with Gasteiger partial charge >= 0.3 is 0 Å². The van der Waals surface area contributed by atoms with Crippen molar-refractivity contribution >= 4 is 21.6 Å². The monoisotopic (exact) mass is 368 g/mol. The Bertz CT molecular complexity index is 725. The van der Waals surface area contributed by atoms with Crippen molar-refractivity contribution in [1.82, 2.24) is 9.97 Å². The van der Waals surface area contributed by atoms with Gasteiger partial charge in [-0.2, -0.15) is 4.98 Å². The highest BCUT2D eigenvalue weighted by atomic mass is 32.2. The van der Waals surface area contributed by atoms with Crippen molar-refractivity contribution in [3.05, 3.63) is 12.3 Å². The predicted octanol–water partition coefficient (Wildman–Crippen LogP) is 0.443. The van der Waals surface area contributed by atoms with Crippen LogP contribution >= 0.6 is 0 Å². The van der Waals surface area contributed by atoms with E-state index in [4.69, 9.17) is 9.47 Å². The minimum atomic E-state index is -2.93. The molecule has 1 aromatic rings. The van der Waals surface area contributed by atoms with Crippen molar-refractivity contribution in [2.24, 2.45) is 0 Å². The maximum atomic E-state index is 11.7. The van der Waals surface area contributed by atoms with E-state index in [2.05, 4.69) is 14.9 Å². The Morgan fingerprint density at radius 1 is 1.28 bits per heavy atom. The summed E-state index contributed by atoms with van der Waals surface area (Å²) in [5, 5.41) is 0. The molecule has 0 N–H and O–H groups in total. The van der Waals surface area contributed by atoms with E-state index >= 15 is 0 Å². The molecule has 3 aliphatic rings. The fraction of sp³-hybridized carbons (Fsp3) is 0.750. The summed E-state index contributed by atoms with van der Waals surface area (Å²) in [6.45, 7) is 2.98. The molecule has 0 saturated carbocycles. The molecule has 8 nitrogen and oxygen atoms in total. The minimum Gasteiger partial charge on any atom is -0.356 e. The van der Waals surface area contributed by atoms with Gasteiger partial charge in [0.05, 0.1) is 24.7 Å². The maximum absolute atomic E-state index is 11.7. The molecule has 4 heterocycles. The van der Waals surface area contributed by atoms with Crippen molar-refractivity contribution in [3.63, 3.8) is 0 Å². The van der Waals surface area contributed by atoms with Crippen LogP contribution in [-0.4, -0.2) is 75.1 Å². The molecule has 1 atom stereocenters. The number of hydrogen-bond acceptors (Lipinski definition) is 8. The molecule has 0 radical (unpaired) electrons. The van der Waals surface area contributed by atoms with E-state index in [1.54, 1.807) is 6.20 Å². The number of aromatic nitrogens is 2. The highest BCUT2D eigenvalue weighted by molar-refractivity contribution is 7.91. The first kappa shape index (κ1) is 17.0. The summed E-state index contributed by atoms with van der Waals surface area (Å²) in [6.07, 6.45) is 4.02. The van der Waals surface area contributed by atoms with Gasteiger partial charge in [-0.25, -0.2) is 13.4 Å². The maximum Gasteiger partial charge on any atom is 0.227 e. The molecule has 4 rings (SSSR count). The van der Waals surface area contributed by atoms with Gasteiger partial charge in [-0.05, 0) is 12.5 Å². The Kier molecular flexibility index (Phi) is 4.33.